The third-order valence-electron chi connectivity index (χ3n) is 2.51. The fourth-order valence-electron chi connectivity index (χ4n) is 1.54. The Morgan fingerprint density at radius 3 is 3.00 bits per heavy atom. The molecule has 0 atom stereocenters. The first-order valence-corrected chi connectivity index (χ1v) is 9.23. The summed E-state index contributed by atoms with van der Waals surface area (Å²) in [6, 6.07) is 9.72. The number of amides is 1. The molecule has 0 aliphatic rings. The third kappa shape index (κ3) is 4.61. The minimum atomic E-state index is -0.385. The van der Waals surface area contributed by atoms with Crippen molar-refractivity contribution in [2.24, 2.45) is 5.10 Å². The Balaban J connectivity index is 1.57. The molecule has 1 N–H and O–H groups in total. The third-order valence-corrected chi connectivity index (χ3v) is 5.59. The number of nitrogens with zero attached hydrogens (tertiary/aromatic N) is 3. The number of rotatable bonds is 5. The molecular weight excluding hydrogens is 372 g/mol. The maximum absolute atomic E-state index is 11.7. The van der Waals surface area contributed by atoms with Crippen LogP contribution >= 0.6 is 46.0 Å². The largest absolute Gasteiger partial charge is 0.290 e. The molecule has 3 aromatic heterocycles. The molecule has 0 saturated carbocycles. The molecule has 0 bridgehead atoms. The first-order chi connectivity index (χ1) is 11.2. The topological polar surface area (TPSA) is 67.2 Å². The average Bonchev–Trinajstić information content (AvgIpc) is 3.17. The van der Waals surface area contributed by atoms with Gasteiger partial charge in [0.1, 0.15) is 10.7 Å². The van der Waals surface area contributed by atoms with Gasteiger partial charge in [-0.1, -0.05) is 29.4 Å². The Kier molecular flexibility index (Phi) is 5.39. The van der Waals surface area contributed by atoms with Gasteiger partial charge in [0.15, 0.2) is 4.47 Å². The van der Waals surface area contributed by atoms with E-state index < -0.39 is 0 Å². The number of thiazole rings is 1. The fourth-order valence-corrected chi connectivity index (χ4v) is 4.21. The van der Waals surface area contributed by atoms with E-state index in [2.05, 4.69) is 20.5 Å². The summed E-state index contributed by atoms with van der Waals surface area (Å²) < 4.78 is 1.43. The van der Waals surface area contributed by atoms with E-state index in [1.54, 1.807) is 40.9 Å². The number of aromatic nitrogens is 2. The second-order valence-electron chi connectivity index (χ2n) is 4.11. The number of thiophene rings is 1. The summed E-state index contributed by atoms with van der Waals surface area (Å²) in [4.78, 5) is 20.8. The van der Waals surface area contributed by atoms with Crippen LogP contribution in [0.3, 0.4) is 0 Å². The molecule has 5 nitrogen and oxygen atoms in total. The van der Waals surface area contributed by atoms with Crippen molar-refractivity contribution >= 4 is 58.2 Å². The van der Waals surface area contributed by atoms with Gasteiger partial charge in [-0.3, -0.25) is 4.79 Å². The van der Waals surface area contributed by atoms with Crippen LogP contribution in [-0.4, -0.2) is 22.1 Å². The van der Waals surface area contributed by atoms with Crippen LogP contribution in [0, 0.1) is 0 Å². The predicted molar refractivity (Wildman–Crippen MR) is 94.9 cm³/mol. The van der Waals surface area contributed by atoms with Gasteiger partial charge < -0.3 is 0 Å². The number of nitrogens with one attached hydrogen (secondary N) is 1. The lowest BCUT2D eigenvalue weighted by Gasteiger charge is -1.95. The molecule has 0 saturated heterocycles. The number of hydrogen-bond acceptors (Lipinski definition) is 7. The fraction of sp³-hybridized carbons (Fsp3) is 0. The second kappa shape index (κ2) is 7.69. The van der Waals surface area contributed by atoms with Crippen molar-refractivity contribution in [3.05, 3.63) is 56.9 Å². The number of pyridine rings is 1. The van der Waals surface area contributed by atoms with Crippen molar-refractivity contribution in [2.75, 3.05) is 0 Å². The van der Waals surface area contributed by atoms with Crippen LogP contribution in [0.15, 0.2) is 56.2 Å². The van der Waals surface area contributed by atoms with E-state index in [0.29, 0.717) is 4.47 Å². The Labute approximate surface area is 149 Å². The smallest absolute Gasteiger partial charge is 0.266 e. The first kappa shape index (κ1) is 16.1. The zero-order valence-electron chi connectivity index (χ0n) is 11.5. The molecule has 0 radical (unpaired) electrons. The average molecular weight is 381 g/mol. The maximum Gasteiger partial charge on any atom is 0.290 e. The van der Waals surface area contributed by atoms with Gasteiger partial charge in [0.05, 0.1) is 10.4 Å². The van der Waals surface area contributed by atoms with Crippen molar-refractivity contribution in [3.8, 4) is 0 Å². The van der Waals surface area contributed by atoms with E-state index in [-0.39, 0.29) is 11.6 Å². The first-order valence-electron chi connectivity index (χ1n) is 6.34. The van der Waals surface area contributed by atoms with Gasteiger partial charge in [0.2, 0.25) is 0 Å². The normalized spacial score (nSPS) is 11.0. The van der Waals surface area contributed by atoms with Crippen LogP contribution in [0.2, 0.25) is 4.47 Å². The van der Waals surface area contributed by atoms with Crippen LogP contribution < -0.4 is 5.43 Å². The molecule has 0 fully saturated rings. The lowest BCUT2D eigenvalue weighted by molar-refractivity contribution is 0.0951. The van der Waals surface area contributed by atoms with Crippen molar-refractivity contribution in [1.82, 2.24) is 15.4 Å². The molecule has 3 heterocycles. The van der Waals surface area contributed by atoms with E-state index in [0.717, 1.165) is 14.1 Å². The lowest BCUT2D eigenvalue weighted by atomic mass is 10.5. The zero-order valence-corrected chi connectivity index (χ0v) is 14.7. The van der Waals surface area contributed by atoms with Crippen molar-refractivity contribution in [1.29, 1.82) is 0 Å². The van der Waals surface area contributed by atoms with Gasteiger partial charge in [-0.05, 0) is 24.3 Å². The summed E-state index contributed by atoms with van der Waals surface area (Å²) in [7, 11) is 0. The Morgan fingerprint density at radius 2 is 2.26 bits per heavy atom. The highest BCUT2D eigenvalue weighted by molar-refractivity contribution is 8.01. The second-order valence-corrected chi connectivity index (χ2v) is 7.99. The van der Waals surface area contributed by atoms with Gasteiger partial charge in [0, 0.05) is 16.5 Å². The molecular formula is C14H9ClN4OS3. The molecule has 0 aliphatic carbocycles. The molecule has 0 aliphatic heterocycles. The van der Waals surface area contributed by atoms with Gasteiger partial charge in [-0.2, -0.15) is 5.10 Å². The molecule has 3 rings (SSSR count). The number of hydrogen-bond donors (Lipinski definition) is 1. The molecule has 0 spiro atoms. The van der Waals surface area contributed by atoms with E-state index in [4.69, 9.17) is 11.6 Å². The summed E-state index contributed by atoms with van der Waals surface area (Å²) in [5.74, 6) is -0.385. The van der Waals surface area contributed by atoms with Gasteiger partial charge >= 0.3 is 0 Å². The van der Waals surface area contributed by atoms with Gasteiger partial charge in [0.25, 0.3) is 5.91 Å². The van der Waals surface area contributed by atoms with E-state index in [9.17, 15) is 4.79 Å². The van der Waals surface area contributed by atoms with Crippen molar-refractivity contribution in [2.45, 2.75) is 9.24 Å². The molecule has 0 unspecified atom stereocenters. The van der Waals surface area contributed by atoms with Crippen LogP contribution in [0.25, 0.3) is 0 Å². The molecule has 23 heavy (non-hydrogen) atoms. The van der Waals surface area contributed by atoms with E-state index >= 15 is 0 Å². The van der Waals surface area contributed by atoms with Crippen LogP contribution in [0.5, 0.6) is 0 Å². The summed E-state index contributed by atoms with van der Waals surface area (Å²) in [5.41, 5.74) is 2.68. The highest BCUT2D eigenvalue weighted by atomic mass is 35.5. The summed E-state index contributed by atoms with van der Waals surface area (Å²) in [5, 5.41) is 6.45. The lowest BCUT2D eigenvalue weighted by Crippen LogP contribution is -2.17. The minimum Gasteiger partial charge on any atom is -0.266 e. The molecule has 9 heteroatoms. The standard InChI is InChI=1S/C14H9ClN4OS3/c15-14-18-10(8-21-14)13(20)19-17-7-9-4-5-12(22-9)23-11-3-1-2-6-16-11/h1-8H,(H,19,20)/b17-7+. The maximum atomic E-state index is 11.7. The quantitative estimate of drug-likeness (QED) is 0.533. The van der Waals surface area contributed by atoms with Gasteiger partial charge in [-0.15, -0.1) is 22.7 Å². The van der Waals surface area contributed by atoms with Crippen LogP contribution in [0.4, 0.5) is 0 Å². The highest BCUT2D eigenvalue weighted by Crippen LogP contribution is 2.31. The number of halogens is 1. The van der Waals surface area contributed by atoms with E-state index in [1.807, 2.05) is 30.3 Å². The van der Waals surface area contributed by atoms with Crippen molar-refractivity contribution in [3.63, 3.8) is 0 Å². The summed E-state index contributed by atoms with van der Waals surface area (Å²) >= 11 is 10.0. The van der Waals surface area contributed by atoms with Gasteiger partial charge in [-0.25, -0.2) is 15.4 Å². The predicted octanol–water partition coefficient (Wildman–Crippen LogP) is 4.17. The molecule has 1 amide bonds. The monoisotopic (exact) mass is 380 g/mol. The SMILES string of the molecule is O=C(N/N=C/c1ccc(Sc2ccccn2)s1)c1csc(Cl)n1. The Bertz CT molecular complexity index is 831. The zero-order chi connectivity index (χ0) is 16.1. The number of carbonyl (C=O) groups excluding carboxylic acids is 1. The Morgan fingerprint density at radius 1 is 1.35 bits per heavy atom. The molecule has 3 aromatic rings. The molecule has 0 aromatic carbocycles. The minimum absolute atomic E-state index is 0.259. The molecule has 116 valence electrons. The van der Waals surface area contributed by atoms with Crippen LogP contribution in [-0.2, 0) is 0 Å². The number of carbonyl (C=O) groups is 1. The number of hydrazone groups is 1. The van der Waals surface area contributed by atoms with E-state index in [1.165, 1.54) is 11.3 Å². The van der Waals surface area contributed by atoms with Crippen molar-refractivity contribution < 1.29 is 4.79 Å². The highest BCUT2D eigenvalue weighted by Gasteiger charge is 2.08. The van der Waals surface area contributed by atoms with Crippen LogP contribution in [0.1, 0.15) is 15.4 Å². The summed E-state index contributed by atoms with van der Waals surface area (Å²) in [6.07, 6.45) is 3.36. The summed E-state index contributed by atoms with van der Waals surface area (Å²) in [6.45, 7) is 0. The Hall–Kier alpha value is -1.74.